The Morgan fingerprint density at radius 1 is 1.42 bits per heavy atom. The van der Waals surface area contributed by atoms with Crippen molar-refractivity contribution < 1.29 is 0 Å². The molecule has 3 heteroatoms. The molecule has 0 spiro atoms. The molecule has 0 aromatic heterocycles. The average molecular weight is 169 g/mol. The van der Waals surface area contributed by atoms with Gasteiger partial charge in [-0.15, -0.1) is 0 Å². The van der Waals surface area contributed by atoms with Gasteiger partial charge >= 0.3 is 0 Å². The normalized spacial score (nSPS) is 37.8. The zero-order chi connectivity index (χ0) is 8.39. The van der Waals surface area contributed by atoms with E-state index in [1.807, 2.05) is 0 Å². The minimum Gasteiger partial charge on any atom is -0.329 e. The van der Waals surface area contributed by atoms with Crippen LogP contribution in [0.2, 0.25) is 0 Å². The van der Waals surface area contributed by atoms with Crippen molar-refractivity contribution in [3.05, 3.63) is 0 Å². The third-order valence-corrected chi connectivity index (χ3v) is 3.13. The molecule has 2 fully saturated rings. The predicted molar refractivity (Wildman–Crippen MR) is 50.1 cm³/mol. The summed E-state index contributed by atoms with van der Waals surface area (Å²) in [6.45, 7) is 4.40. The van der Waals surface area contributed by atoms with Gasteiger partial charge in [0.2, 0.25) is 0 Å². The first-order valence-electron chi connectivity index (χ1n) is 5.07. The van der Waals surface area contributed by atoms with Crippen molar-refractivity contribution in [2.45, 2.75) is 31.3 Å². The fourth-order valence-electron chi connectivity index (χ4n) is 2.34. The largest absolute Gasteiger partial charge is 0.329 e. The molecular formula is C9H19N3. The lowest BCUT2D eigenvalue weighted by molar-refractivity contribution is 0.0971. The zero-order valence-corrected chi connectivity index (χ0v) is 7.63. The smallest absolute Gasteiger partial charge is 0.0318 e. The van der Waals surface area contributed by atoms with Gasteiger partial charge in [0.15, 0.2) is 0 Å². The van der Waals surface area contributed by atoms with Gasteiger partial charge in [0.05, 0.1) is 0 Å². The molecule has 2 heterocycles. The summed E-state index contributed by atoms with van der Waals surface area (Å²) in [7, 11) is 0. The molecule has 0 radical (unpaired) electrons. The minimum absolute atomic E-state index is 0.541. The van der Waals surface area contributed by atoms with Crippen LogP contribution in [0.4, 0.5) is 0 Å². The standard InChI is InChI=1S/C9H19N3/c10-5-8-7-12-4-2-1-3-9(12)6-11-8/h8-9,11H,1-7,10H2. The summed E-state index contributed by atoms with van der Waals surface area (Å²) in [5.74, 6) is 0. The van der Waals surface area contributed by atoms with E-state index in [-0.39, 0.29) is 0 Å². The molecule has 70 valence electrons. The molecule has 0 saturated carbocycles. The Labute approximate surface area is 74.3 Å². The highest BCUT2D eigenvalue weighted by Crippen LogP contribution is 2.18. The number of nitrogens with zero attached hydrogens (tertiary/aromatic N) is 1. The number of hydrogen-bond acceptors (Lipinski definition) is 3. The monoisotopic (exact) mass is 169 g/mol. The Morgan fingerprint density at radius 3 is 3.17 bits per heavy atom. The molecule has 0 bridgehead atoms. The molecule has 2 unspecified atom stereocenters. The van der Waals surface area contributed by atoms with Gasteiger partial charge in [-0.1, -0.05) is 6.42 Å². The van der Waals surface area contributed by atoms with E-state index in [9.17, 15) is 0 Å². The highest BCUT2D eigenvalue weighted by molar-refractivity contribution is 4.88. The first-order chi connectivity index (χ1) is 5.90. The van der Waals surface area contributed by atoms with Crippen molar-refractivity contribution in [3.63, 3.8) is 0 Å². The second kappa shape index (κ2) is 3.73. The van der Waals surface area contributed by atoms with Gasteiger partial charge in [0, 0.05) is 31.7 Å². The van der Waals surface area contributed by atoms with Gasteiger partial charge in [-0.05, 0) is 19.4 Å². The number of hydrogen-bond donors (Lipinski definition) is 2. The summed E-state index contributed by atoms with van der Waals surface area (Å²) >= 11 is 0. The van der Waals surface area contributed by atoms with Crippen LogP contribution in [-0.2, 0) is 0 Å². The topological polar surface area (TPSA) is 41.3 Å². The molecule has 2 aliphatic heterocycles. The molecule has 0 aliphatic carbocycles. The Hall–Kier alpha value is -0.120. The van der Waals surface area contributed by atoms with Gasteiger partial charge in [-0.3, -0.25) is 4.90 Å². The van der Waals surface area contributed by atoms with Crippen LogP contribution in [0.1, 0.15) is 19.3 Å². The lowest BCUT2D eigenvalue weighted by atomic mass is 9.98. The molecule has 2 saturated heterocycles. The van der Waals surface area contributed by atoms with Gasteiger partial charge in [0.25, 0.3) is 0 Å². The van der Waals surface area contributed by atoms with Gasteiger partial charge < -0.3 is 11.1 Å². The van der Waals surface area contributed by atoms with Crippen molar-refractivity contribution in [1.29, 1.82) is 0 Å². The Morgan fingerprint density at radius 2 is 2.33 bits per heavy atom. The van der Waals surface area contributed by atoms with E-state index in [1.54, 1.807) is 0 Å². The first kappa shape index (κ1) is 8.48. The van der Waals surface area contributed by atoms with Crippen LogP contribution in [-0.4, -0.2) is 43.2 Å². The summed E-state index contributed by atoms with van der Waals surface area (Å²) in [5, 5.41) is 3.50. The fraction of sp³-hybridized carbons (Fsp3) is 1.00. The summed E-state index contributed by atoms with van der Waals surface area (Å²) in [5.41, 5.74) is 5.64. The summed E-state index contributed by atoms with van der Waals surface area (Å²) in [6, 6.07) is 1.35. The predicted octanol–water partition coefficient (Wildman–Crippen LogP) is -0.229. The molecule has 0 aromatic rings. The van der Waals surface area contributed by atoms with Crippen LogP contribution in [0.15, 0.2) is 0 Å². The number of piperazine rings is 1. The van der Waals surface area contributed by atoms with E-state index in [1.165, 1.54) is 32.4 Å². The second-order valence-corrected chi connectivity index (χ2v) is 3.99. The van der Waals surface area contributed by atoms with Crippen LogP contribution < -0.4 is 11.1 Å². The number of nitrogens with one attached hydrogen (secondary N) is 1. The quantitative estimate of drug-likeness (QED) is 0.570. The minimum atomic E-state index is 0.541. The molecule has 2 rings (SSSR count). The van der Waals surface area contributed by atoms with Crippen LogP contribution >= 0.6 is 0 Å². The second-order valence-electron chi connectivity index (χ2n) is 3.99. The fourth-order valence-corrected chi connectivity index (χ4v) is 2.34. The highest BCUT2D eigenvalue weighted by atomic mass is 15.2. The van der Waals surface area contributed by atoms with E-state index in [0.717, 1.165) is 19.1 Å². The van der Waals surface area contributed by atoms with E-state index < -0.39 is 0 Å². The molecule has 3 N–H and O–H groups in total. The third-order valence-electron chi connectivity index (χ3n) is 3.13. The lowest BCUT2D eigenvalue weighted by Gasteiger charge is -2.42. The van der Waals surface area contributed by atoms with Crippen molar-refractivity contribution in [1.82, 2.24) is 10.2 Å². The van der Waals surface area contributed by atoms with E-state index >= 15 is 0 Å². The van der Waals surface area contributed by atoms with Crippen molar-refractivity contribution in [3.8, 4) is 0 Å². The molecule has 0 aromatic carbocycles. The lowest BCUT2D eigenvalue weighted by Crippen LogP contribution is -2.59. The zero-order valence-electron chi connectivity index (χ0n) is 7.63. The Bertz CT molecular complexity index is 149. The highest BCUT2D eigenvalue weighted by Gasteiger charge is 2.28. The van der Waals surface area contributed by atoms with E-state index in [4.69, 9.17) is 5.73 Å². The summed E-state index contributed by atoms with van der Waals surface area (Å²) in [4.78, 5) is 2.61. The average Bonchev–Trinajstić information content (AvgIpc) is 2.17. The number of nitrogens with two attached hydrogens (primary N) is 1. The molecule has 3 nitrogen and oxygen atoms in total. The maximum Gasteiger partial charge on any atom is 0.0318 e. The van der Waals surface area contributed by atoms with Gasteiger partial charge in [-0.2, -0.15) is 0 Å². The Balaban J connectivity index is 1.90. The first-order valence-corrected chi connectivity index (χ1v) is 5.07. The van der Waals surface area contributed by atoms with E-state index in [0.29, 0.717) is 6.04 Å². The van der Waals surface area contributed by atoms with Crippen LogP contribution in [0.3, 0.4) is 0 Å². The molecule has 2 atom stereocenters. The SMILES string of the molecule is NCC1CN2CCCCC2CN1. The summed E-state index contributed by atoms with van der Waals surface area (Å²) in [6.07, 6.45) is 4.17. The third kappa shape index (κ3) is 1.63. The van der Waals surface area contributed by atoms with Crippen molar-refractivity contribution in [2.75, 3.05) is 26.2 Å². The number of rotatable bonds is 1. The van der Waals surface area contributed by atoms with Gasteiger partial charge in [-0.25, -0.2) is 0 Å². The molecular weight excluding hydrogens is 150 g/mol. The van der Waals surface area contributed by atoms with E-state index in [2.05, 4.69) is 10.2 Å². The van der Waals surface area contributed by atoms with Crippen molar-refractivity contribution >= 4 is 0 Å². The summed E-state index contributed by atoms with van der Waals surface area (Å²) < 4.78 is 0. The molecule has 12 heavy (non-hydrogen) atoms. The van der Waals surface area contributed by atoms with Gasteiger partial charge in [0.1, 0.15) is 0 Å². The Kier molecular flexibility index (Phi) is 2.63. The maximum atomic E-state index is 5.64. The maximum absolute atomic E-state index is 5.64. The number of piperidine rings is 1. The molecule has 0 amide bonds. The van der Waals surface area contributed by atoms with Crippen molar-refractivity contribution in [2.24, 2.45) is 5.73 Å². The molecule has 2 aliphatic rings. The van der Waals surface area contributed by atoms with Crippen LogP contribution in [0, 0.1) is 0 Å². The van der Waals surface area contributed by atoms with Crippen LogP contribution in [0.5, 0.6) is 0 Å². The number of fused-ring (bicyclic) bond motifs is 1. The van der Waals surface area contributed by atoms with Crippen LogP contribution in [0.25, 0.3) is 0 Å².